The Hall–Kier alpha value is -1.42. The van der Waals surface area contributed by atoms with Gasteiger partial charge in [0.15, 0.2) is 0 Å². The maximum absolute atomic E-state index is 6.10. The second kappa shape index (κ2) is 9.50. The van der Waals surface area contributed by atoms with Gasteiger partial charge in [0.05, 0.1) is 14.2 Å². The number of methoxy groups -OCH3 is 2. The largest absolute Gasteiger partial charge is 0.496 e. The highest BCUT2D eigenvalue weighted by atomic mass is 16.5. The first-order valence-electron chi connectivity index (χ1n) is 7.69. The molecule has 0 saturated carbocycles. The molecule has 1 unspecified atom stereocenters. The zero-order chi connectivity index (χ0) is 15.7. The number of ether oxygens (including phenoxy) is 3. The third-order valence-corrected chi connectivity index (χ3v) is 3.16. The Bertz CT molecular complexity index is 385. The third-order valence-electron chi connectivity index (χ3n) is 3.16. The summed E-state index contributed by atoms with van der Waals surface area (Å²) in [7, 11) is 3.29. The van der Waals surface area contributed by atoms with Crippen LogP contribution in [0, 0.1) is 5.92 Å². The lowest BCUT2D eigenvalue weighted by Crippen LogP contribution is -2.33. The Balaban J connectivity index is 2.68. The van der Waals surface area contributed by atoms with Gasteiger partial charge in [-0.3, -0.25) is 0 Å². The quantitative estimate of drug-likeness (QED) is 0.717. The second-order valence-electron chi connectivity index (χ2n) is 5.63. The minimum Gasteiger partial charge on any atom is -0.496 e. The molecule has 21 heavy (non-hydrogen) atoms. The van der Waals surface area contributed by atoms with Crippen molar-refractivity contribution < 1.29 is 14.2 Å². The lowest BCUT2D eigenvalue weighted by atomic mass is 10.2. The lowest BCUT2D eigenvalue weighted by Gasteiger charge is -2.20. The standard InChI is InChI=1S/C17H29NO3/c1-6-7-14(12-18-11-13(2)3)21-17-9-15(19-4)8-16(10-17)20-5/h8-10,13-14,18H,6-7,11-12H2,1-5H3. The van der Waals surface area contributed by atoms with Gasteiger partial charge in [0.1, 0.15) is 23.4 Å². The molecule has 0 aliphatic rings. The van der Waals surface area contributed by atoms with Crippen LogP contribution in [0.2, 0.25) is 0 Å². The van der Waals surface area contributed by atoms with E-state index in [9.17, 15) is 0 Å². The molecule has 0 aliphatic heterocycles. The van der Waals surface area contributed by atoms with Crippen molar-refractivity contribution in [1.29, 1.82) is 0 Å². The summed E-state index contributed by atoms with van der Waals surface area (Å²) >= 11 is 0. The molecule has 0 spiro atoms. The molecule has 1 aromatic carbocycles. The van der Waals surface area contributed by atoms with E-state index in [1.54, 1.807) is 14.2 Å². The summed E-state index contributed by atoms with van der Waals surface area (Å²) in [5, 5.41) is 3.46. The van der Waals surface area contributed by atoms with E-state index in [2.05, 4.69) is 26.1 Å². The van der Waals surface area contributed by atoms with Gasteiger partial charge in [-0.25, -0.2) is 0 Å². The summed E-state index contributed by atoms with van der Waals surface area (Å²) in [4.78, 5) is 0. The molecule has 4 nitrogen and oxygen atoms in total. The molecule has 0 radical (unpaired) electrons. The zero-order valence-electron chi connectivity index (χ0n) is 13.9. The molecular weight excluding hydrogens is 266 g/mol. The van der Waals surface area contributed by atoms with Crippen LogP contribution in [0.15, 0.2) is 18.2 Å². The maximum atomic E-state index is 6.10. The molecule has 0 fully saturated rings. The number of hydrogen-bond donors (Lipinski definition) is 1. The Labute approximate surface area is 128 Å². The van der Waals surface area contributed by atoms with Crippen molar-refractivity contribution in [1.82, 2.24) is 5.32 Å². The molecule has 1 rings (SSSR count). The minimum atomic E-state index is 0.158. The van der Waals surface area contributed by atoms with E-state index in [1.807, 2.05) is 18.2 Å². The van der Waals surface area contributed by atoms with Crippen molar-refractivity contribution >= 4 is 0 Å². The lowest BCUT2D eigenvalue weighted by molar-refractivity contribution is 0.184. The van der Waals surface area contributed by atoms with E-state index in [0.717, 1.165) is 43.2 Å². The van der Waals surface area contributed by atoms with E-state index in [0.29, 0.717) is 5.92 Å². The summed E-state index contributed by atoms with van der Waals surface area (Å²) in [5.41, 5.74) is 0. The highest BCUT2D eigenvalue weighted by Crippen LogP contribution is 2.28. The van der Waals surface area contributed by atoms with E-state index < -0.39 is 0 Å². The van der Waals surface area contributed by atoms with Gasteiger partial charge in [-0.1, -0.05) is 27.2 Å². The first-order chi connectivity index (χ1) is 10.1. The van der Waals surface area contributed by atoms with Gasteiger partial charge < -0.3 is 19.5 Å². The van der Waals surface area contributed by atoms with Gasteiger partial charge in [-0.2, -0.15) is 0 Å². The maximum Gasteiger partial charge on any atom is 0.127 e. The van der Waals surface area contributed by atoms with Crippen LogP contribution < -0.4 is 19.5 Å². The molecule has 0 amide bonds. The highest BCUT2D eigenvalue weighted by Gasteiger charge is 2.11. The van der Waals surface area contributed by atoms with Crippen molar-refractivity contribution in [2.24, 2.45) is 5.92 Å². The average Bonchev–Trinajstić information content (AvgIpc) is 2.46. The number of nitrogens with one attached hydrogen (secondary N) is 1. The summed E-state index contributed by atoms with van der Waals surface area (Å²) in [6, 6.07) is 5.64. The predicted molar refractivity (Wildman–Crippen MR) is 86.6 cm³/mol. The van der Waals surface area contributed by atoms with Crippen molar-refractivity contribution in [3.8, 4) is 17.2 Å². The van der Waals surface area contributed by atoms with Crippen molar-refractivity contribution in [2.75, 3.05) is 27.3 Å². The van der Waals surface area contributed by atoms with E-state index in [-0.39, 0.29) is 6.10 Å². The smallest absolute Gasteiger partial charge is 0.127 e. The van der Waals surface area contributed by atoms with Crippen LogP contribution >= 0.6 is 0 Å². The Morgan fingerprint density at radius 2 is 1.52 bits per heavy atom. The molecular formula is C17H29NO3. The van der Waals surface area contributed by atoms with Gasteiger partial charge >= 0.3 is 0 Å². The van der Waals surface area contributed by atoms with Crippen LogP contribution in [0.5, 0.6) is 17.2 Å². The summed E-state index contributed by atoms with van der Waals surface area (Å²) < 4.78 is 16.7. The Morgan fingerprint density at radius 3 is 2.00 bits per heavy atom. The van der Waals surface area contributed by atoms with Gasteiger partial charge in [0.25, 0.3) is 0 Å². The topological polar surface area (TPSA) is 39.7 Å². The van der Waals surface area contributed by atoms with Crippen LogP contribution in [0.4, 0.5) is 0 Å². The first-order valence-corrected chi connectivity index (χ1v) is 7.69. The fourth-order valence-corrected chi connectivity index (χ4v) is 2.10. The van der Waals surface area contributed by atoms with Crippen LogP contribution in [0.1, 0.15) is 33.6 Å². The molecule has 0 saturated heterocycles. The molecule has 0 heterocycles. The van der Waals surface area contributed by atoms with E-state index >= 15 is 0 Å². The molecule has 1 N–H and O–H groups in total. The van der Waals surface area contributed by atoms with Crippen molar-refractivity contribution in [3.05, 3.63) is 18.2 Å². The molecule has 0 aromatic heterocycles. The Morgan fingerprint density at radius 1 is 0.952 bits per heavy atom. The molecule has 0 aliphatic carbocycles. The fourth-order valence-electron chi connectivity index (χ4n) is 2.10. The molecule has 4 heteroatoms. The first kappa shape index (κ1) is 17.6. The van der Waals surface area contributed by atoms with Gasteiger partial charge in [-0.15, -0.1) is 0 Å². The number of benzene rings is 1. The van der Waals surface area contributed by atoms with Crippen LogP contribution in [0.25, 0.3) is 0 Å². The van der Waals surface area contributed by atoms with E-state index in [4.69, 9.17) is 14.2 Å². The minimum absolute atomic E-state index is 0.158. The van der Waals surface area contributed by atoms with Gasteiger partial charge in [-0.05, 0) is 18.9 Å². The summed E-state index contributed by atoms with van der Waals surface area (Å²) in [5.74, 6) is 2.92. The normalized spacial score (nSPS) is 12.3. The van der Waals surface area contributed by atoms with E-state index in [1.165, 1.54) is 0 Å². The van der Waals surface area contributed by atoms with Crippen LogP contribution in [-0.2, 0) is 0 Å². The van der Waals surface area contributed by atoms with Crippen LogP contribution in [-0.4, -0.2) is 33.4 Å². The fraction of sp³-hybridized carbons (Fsp3) is 0.647. The second-order valence-corrected chi connectivity index (χ2v) is 5.63. The van der Waals surface area contributed by atoms with Crippen molar-refractivity contribution in [3.63, 3.8) is 0 Å². The average molecular weight is 295 g/mol. The Kier molecular flexibility index (Phi) is 7.98. The zero-order valence-corrected chi connectivity index (χ0v) is 13.9. The number of hydrogen-bond acceptors (Lipinski definition) is 4. The van der Waals surface area contributed by atoms with Gasteiger partial charge in [0.2, 0.25) is 0 Å². The summed E-state index contributed by atoms with van der Waals surface area (Å²) in [6.45, 7) is 8.44. The molecule has 1 aromatic rings. The molecule has 1 atom stereocenters. The third kappa shape index (κ3) is 6.71. The number of rotatable bonds is 10. The van der Waals surface area contributed by atoms with Crippen molar-refractivity contribution in [2.45, 2.75) is 39.7 Å². The van der Waals surface area contributed by atoms with Crippen LogP contribution in [0.3, 0.4) is 0 Å². The van der Waals surface area contributed by atoms with Gasteiger partial charge in [0, 0.05) is 24.7 Å². The molecule has 120 valence electrons. The monoisotopic (exact) mass is 295 g/mol. The predicted octanol–water partition coefficient (Wildman–Crippen LogP) is 3.50. The SMILES string of the molecule is CCCC(CNCC(C)C)Oc1cc(OC)cc(OC)c1. The molecule has 0 bridgehead atoms. The highest BCUT2D eigenvalue weighted by molar-refractivity contribution is 5.42. The summed E-state index contributed by atoms with van der Waals surface area (Å²) in [6.07, 6.45) is 2.27.